The molecule has 0 saturated carbocycles. The summed E-state index contributed by atoms with van der Waals surface area (Å²) in [5, 5.41) is 0. The first-order valence-electron chi connectivity index (χ1n) is 10.2. The normalized spacial score (nSPS) is 14.0. The lowest BCUT2D eigenvalue weighted by Crippen LogP contribution is -2.39. The molecule has 1 aliphatic heterocycles. The molecule has 0 bridgehead atoms. The number of primary amides is 1. The van der Waals surface area contributed by atoms with Gasteiger partial charge in [0.25, 0.3) is 0 Å². The van der Waals surface area contributed by atoms with Crippen molar-refractivity contribution < 1.29 is 27.8 Å². The van der Waals surface area contributed by atoms with Crippen molar-refractivity contribution in [3.05, 3.63) is 70.8 Å². The average molecular weight is 444 g/mol. The standard InChI is InChI=1S/C24H26F2N2O4/c1-24(2,3)32-23(30)28-10-8-15(9-11-28)16-6-7-19(25)21(13-16)31-14-18-5-4-17(22(27)29)12-20(18)26/h4-8,12-13H,9-11,14H2,1-3H3,(H2,27,29). The number of hydrogen-bond acceptors (Lipinski definition) is 4. The fourth-order valence-corrected chi connectivity index (χ4v) is 3.21. The van der Waals surface area contributed by atoms with Crippen molar-refractivity contribution in [2.24, 2.45) is 5.73 Å². The number of nitrogens with zero attached hydrogens (tertiary/aromatic N) is 1. The van der Waals surface area contributed by atoms with Crippen LogP contribution < -0.4 is 10.5 Å². The molecular weight excluding hydrogens is 418 g/mol. The first-order chi connectivity index (χ1) is 15.0. The Kier molecular flexibility index (Phi) is 6.81. The van der Waals surface area contributed by atoms with E-state index in [1.807, 2.05) is 26.8 Å². The van der Waals surface area contributed by atoms with Gasteiger partial charge >= 0.3 is 6.09 Å². The summed E-state index contributed by atoms with van der Waals surface area (Å²) in [6.45, 7) is 6.09. The second-order valence-electron chi connectivity index (χ2n) is 8.51. The van der Waals surface area contributed by atoms with E-state index in [1.54, 1.807) is 17.0 Å². The molecule has 2 aromatic carbocycles. The Labute approximate surface area is 185 Å². The van der Waals surface area contributed by atoms with E-state index in [0.29, 0.717) is 19.5 Å². The third kappa shape index (κ3) is 5.84. The van der Waals surface area contributed by atoms with E-state index in [9.17, 15) is 18.4 Å². The molecular formula is C24H26F2N2O4. The topological polar surface area (TPSA) is 81.9 Å². The van der Waals surface area contributed by atoms with Crippen LogP contribution in [0.4, 0.5) is 13.6 Å². The molecule has 0 aliphatic carbocycles. The monoisotopic (exact) mass is 444 g/mol. The number of halogens is 2. The van der Waals surface area contributed by atoms with Crippen molar-refractivity contribution in [1.29, 1.82) is 0 Å². The lowest BCUT2D eigenvalue weighted by atomic mass is 9.99. The smallest absolute Gasteiger partial charge is 0.410 e. The number of ether oxygens (including phenoxy) is 2. The molecule has 0 saturated heterocycles. The maximum atomic E-state index is 14.3. The minimum Gasteiger partial charge on any atom is -0.486 e. The van der Waals surface area contributed by atoms with Gasteiger partial charge in [-0.1, -0.05) is 18.2 Å². The van der Waals surface area contributed by atoms with E-state index in [0.717, 1.165) is 17.2 Å². The van der Waals surface area contributed by atoms with E-state index in [-0.39, 0.29) is 29.6 Å². The van der Waals surface area contributed by atoms with Crippen molar-refractivity contribution in [2.45, 2.75) is 39.4 Å². The molecule has 1 aliphatic rings. The summed E-state index contributed by atoms with van der Waals surface area (Å²) >= 11 is 0. The van der Waals surface area contributed by atoms with Crippen LogP contribution in [0.25, 0.3) is 5.57 Å². The highest BCUT2D eigenvalue weighted by Crippen LogP contribution is 2.29. The molecule has 0 radical (unpaired) electrons. The molecule has 170 valence electrons. The third-order valence-corrected chi connectivity index (χ3v) is 4.88. The van der Waals surface area contributed by atoms with Crippen molar-refractivity contribution in [1.82, 2.24) is 4.90 Å². The van der Waals surface area contributed by atoms with E-state index in [1.165, 1.54) is 18.2 Å². The Balaban J connectivity index is 1.69. The summed E-state index contributed by atoms with van der Waals surface area (Å²) in [5.41, 5.74) is 6.50. The quantitative estimate of drug-likeness (QED) is 0.727. The van der Waals surface area contributed by atoms with Crippen molar-refractivity contribution >= 4 is 17.6 Å². The maximum Gasteiger partial charge on any atom is 0.410 e. The summed E-state index contributed by atoms with van der Waals surface area (Å²) in [5.74, 6) is -1.98. The number of hydrogen-bond donors (Lipinski definition) is 1. The van der Waals surface area contributed by atoms with Gasteiger partial charge in [0.05, 0.1) is 0 Å². The van der Waals surface area contributed by atoms with Crippen LogP contribution in [0.1, 0.15) is 48.7 Å². The number of benzene rings is 2. The zero-order valence-corrected chi connectivity index (χ0v) is 18.3. The molecule has 8 heteroatoms. The Morgan fingerprint density at radius 2 is 1.84 bits per heavy atom. The van der Waals surface area contributed by atoms with Crippen LogP contribution in [-0.2, 0) is 11.3 Å². The van der Waals surface area contributed by atoms with E-state index >= 15 is 0 Å². The second-order valence-corrected chi connectivity index (χ2v) is 8.51. The molecule has 6 nitrogen and oxygen atoms in total. The Hall–Kier alpha value is -3.42. The van der Waals surface area contributed by atoms with Gasteiger partial charge in [-0.3, -0.25) is 4.79 Å². The number of rotatable bonds is 5. The fraction of sp³-hybridized carbons (Fsp3) is 0.333. The molecule has 1 heterocycles. The maximum absolute atomic E-state index is 14.3. The summed E-state index contributed by atoms with van der Waals surface area (Å²) in [4.78, 5) is 25.0. The average Bonchev–Trinajstić information content (AvgIpc) is 2.72. The highest BCUT2D eigenvalue weighted by Gasteiger charge is 2.24. The summed E-state index contributed by atoms with van der Waals surface area (Å²) in [7, 11) is 0. The third-order valence-electron chi connectivity index (χ3n) is 4.88. The Morgan fingerprint density at radius 1 is 1.09 bits per heavy atom. The molecule has 2 amide bonds. The highest BCUT2D eigenvalue weighted by molar-refractivity contribution is 5.92. The van der Waals surface area contributed by atoms with Gasteiger partial charge in [0.2, 0.25) is 5.91 Å². The zero-order valence-electron chi connectivity index (χ0n) is 18.3. The van der Waals surface area contributed by atoms with Crippen LogP contribution >= 0.6 is 0 Å². The van der Waals surface area contributed by atoms with E-state index < -0.39 is 23.1 Å². The van der Waals surface area contributed by atoms with Crippen molar-refractivity contribution in [3.8, 4) is 5.75 Å². The van der Waals surface area contributed by atoms with Crippen LogP contribution in [0.2, 0.25) is 0 Å². The molecule has 3 rings (SSSR count). The molecule has 32 heavy (non-hydrogen) atoms. The fourth-order valence-electron chi connectivity index (χ4n) is 3.21. The van der Waals surface area contributed by atoms with Gasteiger partial charge in [-0.2, -0.15) is 0 Å². The molecule has 0 unspecified atom stereocenters. The minimum atomic E-state index is -0.735. The predicted octanol–water partition coefficient (Wildman–Crippen LogP) is 4.67. The van der Waals surface area contributed by atoms with Gasteiger partial charge < -0.3 is 20.1 Å². The van der Waals surface area contributed by atoms with Crippen LogP contribution in [0.3, 0.4) is 0 Å². The first-order valence-corrected chi connectivity index (χ1v) is 10.2. The first kappa shape index (κ1) is 23.2. The van der Waals surface area contributed by atoms with E-state index in [4.69, 9.17) is 15.2 Å². The summed E-state index contributed by atoms with van der Waals surface area (Å²) < 4.78 is 39.3. The van der Waals surface area contributed by atoms with Crippen LogP contribution in [0, 0.1) is 11.6 Å². The van der Waals surface area contributed by atoms with Gasteiger partial charge in [0.15, 0.2) is 11.6 Å². The number of amides is 2. The number of nitrogens with two attached hydrogens (primary N) is 1. The Morgan fingerprint density at radius 3 is 2.44 bits per heavy atom. The predicted molar refractivity (Wildman–Crippen MR) is 116 cm³/mol. The van der Waals surface area contributed by atoms with Crippen molar-refractivity contribution in [2.75, 3.05) is 13.1 Å². The van der Waals surface area contributed by atoms with Crippen molar-refractivity contribution in [3.63, 3.8) is 0 Å². The second kappa shape index (κ2) is 9.38. The Bertz CT molecular complexity index is 1060. The molecule has 0 spiro atoms. The van der Waals surface area contributed by atoms with Crippen LogP contribution in [0.5, 0.6) is 5.75 Å². The molecule has 2 N–H and O–H groups in total. The lowest BCUT2D eigenvalue weighted by Gasteiger charge is -2.29. The van der Waals surface area contributed by atoms with Gasteiger partial charge in [-0.25, -0.2) is 13.6 Å². The molecule has 2 aromatic rings. The van der Waals surface area contributed by atoms with Crippen LogP contribution in [-0.4, -0.2) is 35.6 Å². The SMILES string of the molecule is CC(C)(C)OC(=O)N1CC=C(c2ccc(F)c(OCc3ccc(C(N)=O)cc3F)c2)CC1. The van der Waals surface area contributed by atoms with Gasteiger partial charge in [-0.15, -0.1) is 0 Å². The summed E-state index contributed by atoms with van der Waals surface area (Å²) in [6, 6.07) is 8.28. The van der Waals surface area contributed by atoms with Gasteiger partial charge in [0.1, 0.15) is 18.0 Å². The molecule has 0 atom stereocenters. The van der Waals surface area contributed by atoms with Gasteiger partial charge in [0, 0.05) is 24.2 Å². The summed E-state index contributed by atoms with van der Waals surface area (Å²) in [6.07, 6.45) is 2.10. The minimum absolute atomic E-state index is 0.0173. The lowest BCUT2D eigenvalue weighted by molar-refractivity contribution is 0.0270. The zero-order chi connectivity index (χ0) is 23.5. The van der Waals surface area contributed by atoms with Gasteiger partial charge in [-0.05, 0) is 62.6 Å². The highest BCUT2D eigenvalue weighted by atomic mass is 19.1. The largest absolute Gasteiger partial charge is 0.486 e. The number of carbonyl (C=O) groups is 2. The van der Waals surface area contributed by atoms with E-state index in [2.05, 4.69) is 0 Å². The number of carbonyl (C=O) groups excluding carboxylic acids is 2. The molecule has 0 fully saturated rings. The van der Waals surface area contributed by atoms with Crippen LogP contribution in [0.15, 0.2) is 42.5 Å². The molecule has 0 aromatic heterocycles.